The Morgan fingerprint density at radius 1 is 0.733 bits per heavy atom. The van der Waals surface area contributed by atoms with Gasteiger partial charge >= 0.3 is 0 Å². The molecular weight excluding hydrogens is 516 g/mol. The van der Waals surface area contributed by atoms with Gasteiger partial charge in [-0.2, -0.15) is 10.5 Å². The minimum absolute atomic E-state index is 0.0495. The van der Waals surface area contributed by atoms with Gasteiger partial charge in [-0.1, -0.05) is 98.6 Å². The number of alkyl halides is 2. The van der Waals surface area contributed by atoms with Crippen LogP contribution in [0.2, 0.25) is 0 Å². The van der Waals surface area contributed by atoms with Crippen LogP contribution in [0.3, 0.4) is 0 Å². The molecule has 0 aliphatic rings. The van der Waals surface area contributed by atoms with E-state index in [0.29, 0.717) is 11.1 Å². The molecule has 0 spiro atoms. The molecule has 0 saturated heterocycles. The summed E-state index contributed by atoms with van der Waals surface area (Å²) in [4.78, 5) is -0.601. The van der Waals surface area contributed by atoms with Gasteiger partial charge in [0.15, 0.2) is 11.4 Å². The quantitative estimate of drug-likeness (QED) is 0.207. The fraction of sp³-hybridized carbons (Fsp3) is 0.0909. The average molecular weight is 536 g/mol. The van der Waals surface area contributed by atoms with Gasteiger partial charge < -0.3 is 10.4 Å². The summed E-state index contributed by atoms with van der Waals surface area (Å²) in [6.45, 7) is 0. The highest BCUT2D eigenvalue weighted by Gasteiger charge is 2.27. The SMILES string of the molecule is [O-][NH+](O)c1cc([NH+]([O-])O)c([C@@H](Br)[C@@H](Br)c2ccccc2)cc1C=Cc1ccccc1. The van der Waals surface area contributed by atoms with E-state index in [4.69, 9.17) is 0 Å². The topological polar surface area (TPSA) is 95.5 Å². The second-order valence-corrected chi connectivity index (χ2v) is 8.57. The summed E-state index contributed by atoms with van der Waals surface area (Å²) < 4.78 is 0. The predicted octanol–water partition coefficient (Wildman–Crippen LogP) is 4.24. The smallest absolute Gasteiger partial charge is 0.177 e. The summed E-state index contributed by atoms with van der Waals surface area (Å²) in [6, 6.07) is 21.9. The fourth-order valence-electron chi connectivity index (χ4n) is 3.08. The van der Waals surface area contributed by atoms with Gasteiger partial charge in [-0.25, -0.2) is 10.4 Å². The molecule has 30 heavy (non-hydrogen) atoms. The first-order valence-electron chi connectivity index (χ1n) is 9.09. The number of benzene rings is 3. The third kappa shape index (κ3) is 5.42. The Morgan fingerprint density at radius 2 is 1.30 bits per heavy atom. The molecule has 0 amide bonds. The number of rotatable bonds is 7. The van der Waals surface area contributed by atoms with E-state index in [9.17, 15) is 20.8 Å². The molecule has 3 aromatic carbocycles. The number of hydrogen-bond donors (Lipinski definition) is 4. The maximum absolute atomic E-state index is 11.9. The van der Waals surface area contributed by atoms with E-state index in [0.717, 1.165) is 11.1 Å². The zero-order valence-electron chi connectivity index (χ0n) is 15.7. The molecule has 0 aromatic heterocycles. The van der Waals surface area contributed by atoms with Crippen LogP contribution >= 0.6 is 31.9 Å². The molecule has 6 nitrogen and oxygen atoms in total. The van der Waals surface area contributed by atoms with Crippen molar-refractivity contribution in [2.24, 2.45) is 0 Å². The zero-order valence-corrected chi connectivity index (χ0v) is 18.9. The van der Waals surface area contributed by atoms with Crippen molar-refractivity contribution in [2.75, 3.05) is 0 Å². The molecule has 0 aliphatic carbocycles. The van der Waals surface area contributed by atoms with Gasteiger partial charge in [0.1, 0.15) is 0 Å². The van der Waals surface area contributed by atoms with Crippen LogP contribution in [0.15, 0.2) is 72.8 Å². The van der Waals surface area contributed by atoms with Gasteiger partial charge in [-0.3, -0.25) is 0 Å². The van der Waals surface area contributed by atoms with Crippen LogP contribution in [0, 0.1) is 10.4 Å². The molecule has 0 bridgehead atoms. The van der Waals surface area contributed by atoms with Crippen LogP contribution in [0.4, 0.5) is 11.4 Å². The van der Waals surface area contributed by atoms with Gasteiger partial charge in [-0.05, 0) is 23.3 Å². The molecule has 3 rings (SSSR count). The molecule has 2 unspecified atom stereocenters. The first-order valence-corrected chi connectivity index (χ1v) is 10.9. The van der Waals surface area contributed by atoms with Crippen molar-refractivity contribution in [3.63, 3.8) is 0 Å². The Hall–Kier alpha value is -1.88. The van der Waals surface area contributed by atoms with Crippen molar-refractivity contribution in [3.8, 4) is 0 Å². The van der Waals surface area contributed by atoms with Crippen molar-refractivity contribution in [1.29, 1.82) is 0 Å². The van der Waals surface area contributed by atoms with E-state index < -0.39 is 15.3 Å². The monoisotopic (exact) mass is 534 g/mol. The Morgan fingerprint density at radius 3 is 1.87 bits per heavy atom. The summed E-state index contributed by atoms with van der Waals surface area (Å²) in [6.07, 6.45) is 3.50. The summed E-state index contributed by atoms with van der Waals surface area (Å²) in [7, 11) is 0. The molecule has 8 heteroatoms. The highest BCUT2D eigenvalue weighted by atomic mass is 79.9. The summed E-state index contributed by atoms with van der Waals surface area (Å²) in [5, 5.41) is 40.7. The lowest BCUT2D eigenvalue weighted by molar-refractivity contribution is -0.996. The van der Waals surface area contributed by atoms with Crippen molar-refractivity contribution in [1.82, 2.24) is 0 Å². The van der Waals surface area contributed by atoms with Crippen LogP contribution < -0.4 is 10.5 Å². The summed E-state index contributed by atoms with van der Waals surface area (Å²) in [5.41, 5.74) is 2.70. The normalized spacial score (nSPS) is 15.7. The van der Waals surface area contributed by atoms with Crippen molar-refractivity contribution >= 4 is 55.4 Å². The molecular formula is C22H20Br2N2O4. The van der Waals surface area contributed by atoms with Crippen LogP contribution in [-0.4, -0.2) is 10.4 Å². The highest BCUT2D eigenvalue weighted by Crippen LogP contribution is 2.45. The molecule has 0 heterocycles. The lowest BCUT2D eigenvalue weighted by Gasteiger charge is -2.24. The summed E-state index contributed by atoms with van der Waals surface area (Å²) in [5.74, 6) is 0. The van der Waals surface area contributed by atoms with Gasteiger partial charge in [0.05, 0.1) is 15.7 Å². The third-order valence-electron chi connectivity index (χ3n) is 4.61. The van der Waals surface area contributed by atoms with E-state index in [1.807, 2.05) is 60.7 Å². The van der Waals surface area contributed by atoms with Crippen molar-refractivity contribution < 1.29 is 20.9 Å². The molecule has 0 saturated carbocycles. The van der Waals surface area contributed by atoms with Gasteiger partial charge in [0, 0.05) is 11.1 Å². The number of nitrogens with one attached hydrogen (secondary N) is 2. The maximum atomic E-state index is 11.9. The Balaban J connectivity index is 2.08. The molecule has 4 N–H and O–H groups in total. The molecule has 0 aliphatic heterocycles. The first kappa shape index (κ1) is 22.8. The van der Waals surface area contributed by atoms with E-state index in [1.54, 1.807) is 18.2 Å². The second-order valence-electron chi connectivity index (χ2n) is 6.60. The minimum Gasteiger partial charge on any atom is -0.595 e. The van der Waals surface area contributed by atoms with Crippen molar-refractivity contribution in [3.05, 3.63) is 105 Å². The van der Waals surface area contributed by atoms with Gasteiger partial charge in [0.25, 0.3) is 0 Å². The number of quaternary nitrogens is 2. The van der Waals surface area contributed by atoms with Crippen LogP contribution in [-0.2, 0) is 0 Å². The van der Waals surface area contributed by atoms with Crippen LogP contribution in [0.1, 0.15) is 31.9 Å². The molecule has 0 fully saturated rings. The number of halogens is 2. The van der Waals surface area contributed by atoms with Gasteiger partial charge in [-0.15, -0.1) is 0 Å². The fourth-order valence-corrected chi connectivity index (χ4v) is 4.36. The lowest BCUT2D eigenvalue weighted by atomic mass is 9.98. The second kappa shape index (κ2) is 10.4. The predicted molar refractivity (Wildman–Crippen MR) is 123 cm³/mol. The first-order chi connectivity index (χ1) is 14.4. The van der Waals surface area contributed by atoms with Crippen LogP contribution in [0.25, 0.3) is 12.2 Å². The molecule has 4 atom stereocenters. The highest BCUT2D eigenvalue weighted by molar-refractivity contribution is 9.12. The molecule has 156 valence electrons. The van der Waals surface area contributed by atoms with Crippen LogP contribution in [0.5, 0.6) is 0 Å². The largest absolute Gasteiger partial charge is 0.595 e. The average Bonchev–Trinajstić information content (AvgIpc) is 2.77. The molecule has 3 aromatic rings. The Labute approximate surface area is 191 Å². The lowest BCUT2D eigenvalue weighted by Crippen LogP contribution is -3.01. The number of hydrogen-bond acceptors (Lipinski definition) is 4. The van der Waals surface area contributed by atoms with Crippen molar-refractivity contribution in [2.45, 2.75) is 9.65 Å². The molecule has 0 radical (unpaired) electrons. The maximum Gasteiger partial charge on any atom is 0.177 e. The van der Waals surface area contributed by atoms with E-state index in [-0.39, 0.29) is 16.2 Å². The van der Waals surface area contributed by atoms with E-state index >= 15 is 0 Å². The minimum atomic E-state index is -1.18. The third-order valence-corrected chi connectivity index (χ3v) is 7.40. The van der Waals surface area contributed by atoms with E-state index in [1.165, 1.54) is 6.07 Å². The Bertz CT molecular complexity index is 999. The zero-order chi connectivity index (χ0) is 21.7. The standard InChI is InChI=1S/C22H20Br2N2O4/c23-21(16-9-5-2-6-10-16)22(24)18-13-17(12-11-15-7-3-1-4-8-15)19(25(27)28)14-20(18)26(29)30/h1-14,21-22,25-27,29H/t21-,22+/m0/s1. The Kier molecular flexibility index (Phi) is 7.93. The van der Waals surface area contributed by atoms with Gasteiger partial charge in [0.2, 0.25) is 0 Å². The summed E-state index contributed by atoms with van der Waals surface area (Å²) >= 11 is 7.26. The van der Waals surface area contributed by atoms with E-state index in [2.05, 4.69) is 31.9 Å².